The molecule has 0 aliphatic rings. The Morgan fingerprint density at radius 1 is 0.300 bits per heavy atom. The second-order valence-electron chi connectivity index (χ2n) is 0. The lowest BCUT2D eigenvalue weighted by atomic mass is 11.0. The van der Waals surface area contributed by atoms with E-state index in [0.717, 1.165) is 0 Å². The highest BCUT2D eigenvalue weighted by Crippen LogP contribution is 1.14. The fraction of sp³-hybridized carbons (Fsp3) is 1.00. The molecule has 0 bridgehead atoms. The lowest BCUT2D eigenvalue weighted by Crippen LogP contribution is -0.856. The largest absolute Gasteiger partial charge is 0.147 e. The lowest BCUT2D eigenvalue weighted by molar-refractivity contribution is 1.50. The molecule has 0 fully saturated rings. The minimum Gasteiger partial charge on any atom is -0.147 e. The molecule has 8 heteroatoms. The molecule has 0 amide bonds. The van der Waals surface area contributed by atoms with E-state index in [0.29, 0.717) is 0 Å². The van der Waals surface area contributed by atoms with Crippen molar-refractivity contribution in [3.8, 4) is 0 Å². The molecule has 0 aliphatic carbocycles. The third-order valence-electron chi connectivity index (χ3n) is 0. The Bertz CT molecular complexity index is 7.22. The van der Waals surface area contributed by atoms with E-state index in [1.807, 2.05) is 13.8 Å². The molecular weight excluding hydrogens is 308 g/mol. The second kappa shape index (κ2) is 224. The van der Waals surface area contributed by atoms with Gasteiger partial charge in [-0.3, -0.25) is 0 Å². The van der Waals surface area contributed by atoms with Crippen LogP contribution in [0, 0.1) is 0 Å². The van der Waals surface area contributed by atoms with E-state index in [9.17, 15) is 0 Å². The summed E-state index contributed by atoms with van der Waals surface area (Å²) in [5.74, 6) is 0. The van der Waals surface area contributed by atoms with Crippen LogP contribution in [0.15, 0.2) is 0 Å². The average Bonchev–Trinajstić information content (AvgIpc) is 1.00. The van der Waals surface area contributed by atoms with Crippen LogP contribution in [-0.2, 0) is 0 Å². The number of rotatable bonds is 0. The smallest absolute Gasteiger partial charge is 0.0683 e. The maximum absolute atomic E-state index is 2.00. The minimum atomic E-state index is 0. The van der Waals surface area contributed by atoms with Gasteiger partial charge in [0.1, 0.15) is 0 Å². The van der Waals surface area contributed by atoms with Crippen LogP contribution in [0.25, 0.3) is 0 Å². The first-order valence-corrected chi connectivity index (χ1v) is 1.00. The minimum absolute atomic E-state index is 0. The van der Waals surface area contributed by atoms with Gasteiger partial charge in [-0.2, -0.15) is 0 Å². The molecule has 0 radical (unpaired) electrons. The SMILES string of the molecule is CC.Cl.Cl.Cl.Cl.Cl.Cl.Cl.Cl. The van der Waals surface area contributed by atoms with Crippen LogP contribution in [0.3, 0.4) is 0 Å². The summed E-state index contributed by atoms with van der Waals surface area (Å²) in [5, 5.41) is 0. The molecule has 0 saturated carbocycles. The zero-order valence-corrected chi connectivity index (χ0v) is 11.8. The van der Waals surface area contributed by atoms with Crippen molar-refractivity contribution in [2.45, 2.75) is 13.8 Å². The third-order valence-corrected chi connectivity index (χ3v) is 0. The molecule has 0 rings (SSSR count). The van der Waals surface area contributed by atoms with Crippen LogP contribution in [0.1, 0.15) is 13.8 Å². The van der Waals surface area contributed by atoms with E-state index in [-0.39, 0.29) is 99.3 Å². The monoisotopic (exact) mass is 318 g/mol. The normalized spacial score (nSPS) is 0.600. The summed E-state index contributed by atoms with van der Waals surface area (Å²) in [6.45, 7) is 4.00. The van der Waals surface area contributed by atoms with E-state index in [1.54, 1.807) is 0 Å². The summed E-state index contributed by atoms with van der Waals surface area (Å²) in [4.78, 5) is 0. The predicted octanol–water partition coefficient (Wildman–Crippen LogP) is 4.40. The molecule has 0 aromatic heterocycles. The Labute approximate surface area is 112 Å². The van der Waals surface area contributed by atoms with Gasteiger partial charge in [0, 0.05) is 0 Å². The molecule has 0 aromatic rings. The first-order valence-electron chi connectivity index (χ1n) is 1.00. The van der Waals surface area contributed by atoms with Gasteiger partial charge < -0.3 is 0 Å². The third kappa shape index (κ3) is 167. The van der Waals surface area contributed by atoms with Gasteiger partial charge in [0.05, 0.1) is 0 Å². The zero-order chi connectivity index (χ0) is 2.00. The summed E-state index contributed by atoms with van der Waals surface area (Å²) >= 11 is 0. The van der Waals surface area contributed by atoms with Gasteiger partial charge in [-0.25, -0.2) is 0 Å². The summed E-state index contributed by atoms with van der Waals surface area (Å²) in [6, 6.07) is 0. The van der Waals surface area contributed by atoms with Gasteiger partial charge in [0.25, 0.3) is 0 Å². The van der Waals surface area contributed by atoms with Crippen molar-refractivity contribution in [3.05, 3.63) is 0 Å². The fourth-order valence-electron chi connectivity index (χ4n) is 0. The first kappa shape index (κ1) is 143. The number of hydrogen-bond donors (Lipinski definition) is 0. The Kier molecular flexibility index (Phi) is 3210. The molecule has 0 aliphatic heterocycles. The fourth-order valence-corrected chi connectivity index (χ4v) is 0. The molecule has 0 aromatic carbocycles. The van der Waals surface area contributed by atoms with Crippen molar-refractivity contribution in [1.82, 2.24) is 0 Å². The molecule has 0 heterocycles. The first-order chi connectivity index (χ1) is 1.00. The molecular formula is C2H14Cl8. The molecule has 0 unspecified atom stereocenters. The standard InChI is InChI=1S/C2H6.8ClH/c1-2;;;;;;;;/h1-2H3;8*1H. The van der Waals surface area contributed by atoms with Gasteiger partial charge in [0.2, 0.25) is 0 Å². The van der Waals surface area contributed by atoms with E-state index < -0.39 is 0 Å². The van der Waals surface area contributed by atoms with Crippen molar-refractivity contribution in [1.29, 1.82) is 0 Å². The molecule has 10 heavy (non-hydrogen) atoms. The van der Waals surface area contributed by atoms with Gasteiger partial charge in [-0.15, -0.1) is 99.3 Å². The quantitative estimate of drug-likeness (QED) is 0.620. The van der Waals surface area contributed by atoms with E-state index in [1.165, 1.54) is 0 Å². The van der Waals surface area contributed by atoms with Crippen LogP contribution in [-0.4, -0.2) is 0 Å². The Morgan fingerprint density at radius 3 is 0.300 bits per heavy atom. The van der Waals surface area contributed by atoms with Gasteiger partial charge in [-0.1, -0.05) is 13.8 Å². The van der Waals surface area contributed by atoms with Crippen molar-refractivity contribution >= 4 is 99.3 Å². The molecule has 0 spiro atoms. The summed E-state index contributed by atoms with van der Waals surface area (Å²) in [7, 11) is 0. The van der Waals surface area contributed by atoms with Crippen molar-refractivity contribution in [2.75, 3.05) is 0 Å². The molecule has 0 atom stereocenters. The highest BCUT2D eigenvalue weighted by atomic mass is 35.5. The Balaban J connectivity index is -0.000000000179. The number of hydrogen-bond acceptors (Lipinski definition) is 0. The number of halogens is 8. The summed E-state index contributed by atoms with van der Waals surface area (Å²) < 4.78 is 0. The van der Waals surface area contributed by atoms with Gasteiger partial charge in [0.15, 0.2) is 0 Å². The van der Waals surface area contributed by atoms with Crippen molar-refractivity contribution in [3.63, 3.8) is 0 Å². The maximum atomic E-state index is 2.00. The maximum Gasteiger partial charge on any atom is -0.0683 e. The van der Waals surface area contributed by atoms with Crippen molar-refractivity contribution in [2.24, 2.45) is 0 Å². The summed E-state index contributed by atoms with van der Waals surface area (Å²) in [6.07, 6.45) is 0. The van der Waals surface area contributed by atoms with E-state index in [4.69, 9.17) is 0 Å². The van der Waals surface area contributed by atoms with E-state index >= 15 is 0 Å². The zero-order valence-electron chi connectivity index (χ0n) is 5.27. The Morgan fingerprint density at radius 2 is 0.300 bits per heavy atom. The van der Waals surface area contributed by atoms with Crippen LogP contribution in [0.5, 0.6) is 0 Å². The van der Waals surface area contributed by atoms with Gasteiger partial charge >= 0.3 is 0 Å². The topological polar surface area (TPSA) is 0 Å². The van der Waals surface area contributed by atoms with Gasteiger partial charge in [-0.05, 0) is 0 Å². The molecule has 0 saturated heterocycles. The second-order valence-corrected chi connectivity index (χ2v) is 0. The van der Waals surface area contributed by atoms with E-state index in [2.05, 4.69) is 0 Å². The van der Waals surface area contributed by atoms with Crippen LogP contribution in [0.2, 0.25) is 0 Å². The van der Waals surface area contributed by atoms with Crippen molar-refractivity contribution < 1.29 is 0 Å². The van der Waals surface area contributed by atoms with Crippen LogP contribution >= 0.6 is 99.3 Å². The highest BCUT2D eigenvalue weighted by Gasteiger charge is 0.932. The molecule has 78 valence electrons. The van der Waals surface area contributed by atoms with Crippen LogP contribution < -0.4 is 0 Å². The Hall–Kier alpha value is 2.32. The predicted molar refractivity (Wildman–Crippen MR) is 69.3 cm³/mol. The average molecular weight is 322 g/mol. The lowest BCUT2D eigenvalue weighted by Gasteiger charge is -1.07. The highest BCUT2D eigenvalue weighted by molar-refractivity contribution is 5.86. The van der Waals surface area contributed by atoms with Crippen LogP contribution in [0.4, 0.5) is 0 Å². The summed E-state index contributed by atoms with van der Waals surface area (Å²) in [5.41, 5.74) is 0. The molecule has 0 nitrogen and oxygen atoms in total. The molecule has 0 N–H and O–H groups in total.